The van der Waals surface area contributed by atoms with Crippen molar-refractivity contribution in [3.8, 4) is 5.75 Å². The van der Waals surface area contributed by atoms with Crippen LogP contribution in [0, 0.1) is 0 Å². The fourth-order valence-corrected chi connectivity index (χ4v) is 4.10. The van der Waals surface area contributed by atoms with E-state index in [1.54, 1.807) is 18.3 Å². The first-order valence-corrected chi connectivity index (χ1v) is 9.85. The molecule has 2 aliphatic rings. The zero-order chi connectivity index (χ0) is 19.5. The van der Waals surface area contributed by atoms with Crippen LogP contribution in [0.4, 0.5) is 11.6 Å². The molecular formula is C21H27N5O2. The van der Waals surface area contributed by atoms with Gasteiger partial charge in [-0.1, -0.05) is 18.2 Å². The molecule has 4 rings (SSSR count). The Kier molecular flexibility index (Phi) is 5.32. The Bertz CT molecular complexity index is 843. The molecular weight excluding hydrogens is 354 g/mol. The van der Waals surface area contributed by atoms with E-state index in [-0.39, 0.29) is 5.91 Å². The minimum Gasteiger partial charge on any atom is -0.496 e. The molecule has 2 fully saturated rings. The third kappa shape index (κ3) is 3.74. The number of anilines is 2. The van der Waals surface area contributed by atoms with Gasteiger partial charge in [0.2, 0.25) is 5.91 Å². The van der Waals surface area contributed by atoms with Crippen molar-refractivity contribution >= 4 is 17.5 Å². The third-order valence-electron chi connectivity index (χ3n) is 5.74. The number of likely N-dealkylation sites (N-methyl/N-ethyl adjacent to an activating group) is 1. The second kappa shape index (κ2) is 8.04. The van der Waals surface area contributed by atoms with Crippen LogP contribution in [0.25, 0.3) is 0 Å². The van der Waals surface area contributed by atoms with Gasteiger partial charge in [-0.2, -0.15) is 0 Å². The Morgan fingerprint density at radius 2 is 1.96 bits per heavy atom. The molecule has 7 heteroatoms. The maximum atomic E-state index is 12.1. The number of ether oxygens (including phenoxy) is 1. The number of aromatic nitrogens is 2. The van der Waals surface area contributed by atoms with Crippen LogP contribution in [0.1, 0.15) is 18.4 Å². The molecule has 1 aromatic heterocycles. The molecule has 2 aromatic rings. The van der Waals surface area contributed by atoms with E-state index >= 15 is 0 Å². The maximum absolute atomic E-state index is 12.1. The number of amides is 1. The van der Waals surface area contributed by atoms with E-state index in [4.69, 9.17) is 4.74 Å². The van der Waals surface area contributed by atoms with Gasteiger partial charge in [0.15, 0.2) is 0 Å². The van der Waals surface area contributed by atoms with Crippen molar-refractivity contribution < 1.29 is 9.53 Å². The molecule has 0 N–H and O–H groups in total. The topological polar surface area (TPSA) is 61.8 Å². The zero-order valence-corrected chi connectivity index (χ0v) is 16.5. The molecule has 1 unspecified atom stereocenters. The number of carbonyl (C=O) groups excluding carboxylic acids is 1. The summed E-state index contributed by atoms with van der Waals surface area (Å²) in [4.78, 5) is 27.2. The quantitative estimate of drug-likeness (QED) is 0.789. The van der Waals surface area contributed by atoms with Crippen LogP contribution in [-0.4, -0.2) is 67.2 Å². The third-order valence-corrected chi connectivity index (χ3v) is 5.74. The summed E-state index contributed by atoms with van der Waals surface area (Å²) in [6, 6.07) is 10.6. The molecule has 3 heterocycles. The van der Waals surface area contributed by atoms with Crippen molar-refractivity contribution in [2.45, 2.75) is 25.3 Å². The van der Waals surface area contributed by atoms with Gasteiger partial charge in [0, 0.05) is 38.8 Å². The number of nitrogens with zero attached hydrogens (tertiary/aromatic N) is 5. The Morgan fingerprint density at radius 3 is 2.79 bits per heavy atom. The van der Waals surface area contributed by atoms with E-state index in [1.165, 1.54) is 5.56 Å². The molecule has 1 atom stereocenters. The molecule has 2 saturated heterocycles. The summed E-state index contributed by atoms with van der Waals surface area (Å²) in [5.41, 5.74) is 1.22. The van der Waals surface area contributed by atoms with Gasteiger partial charge in [-0.3, -0.25) is 4.79 Å². The molecule has 148 valence electrons. The number of hydrogen-bond donors (Lipinski definition) is 0. The summed E-state index contributed by atoms with van der Waals surface area (Å²) in [6.45, 7) is 2.87. The Labute approximate surface area is 165 Å². The highest BCUT2D eigenvalue weighted by Crippen LogP contribution is 2.30. The Morgan fingerprint density at radius 1 is 1.14 bits per heavy atom. The van der Waals surface area contributed by atoms with E-state index < -0.39 is 0 Å². The fourth-order valence-electron chi connectivity index (χ4n) is 4.10. The van der Waals surface area contributed by atoms with E-state index in [2.05, 4.69) is 27.0 Å². The van der Waals surface area contributed by atoms with Crippen molar-refractivity contribution in [1.29, 1.82) is 0 Å². The largest absolute Gasteiger partial charge is 0.496 e. The summed E-state index contributed by atoms with van der Waals surface area (Å²) < 4.78 is 5.53. The molecule has 2 aliphatic heterocycles. The lowest BCUT2D eigenvalue weighted by Crippen LogP contribution is -2.48. The first-order chi connectivity index (χ1) is 13.7. The van der Waals surface area contributed by atoms with Crippen LogP contribution in [0.3, 0.4) is 0 Å². The van der Waals surface area contributed by atoms with E-state index in [1.807, 2.05) is 30.1 Å². The Balaban J connectivity index is 1.52. The van der Waals surface area contributed by atoms with Crippen LogP contribution < -0.4 is 14.5 Å². The van der Waals surface area contributed by atoms with Gasteiger partial charge in [-0.15, -0.1) is 0 Å². The van der Waals surface area contributed by atoms with Crippen molar-refractivity contribution in [2.24, 2.45) is 0 Å². The number of hydrogen-bond acceptors (Lipinski definition) is 6. The predicted octanol–water partition coefficient (Wildman–Crippen LogP) is 1.98. The van der Waals surface area contributed by atoms with Crippen LogP contribution in [-0.2, 0) is 11.2 Å². The Hall–Kier alpha value is -2.83. The summed E-state index contributed by atoms with van der Waals surface area (Å²) >= 11 is 0. The SMILES string of the molecule is COc1ccccc1CC1CCCN1c1cc(N2CCN(C)C(=O)C2)ncn1. The summed E-state index contributed by atoms with van der Waals surface area (Å²) in [7, 11) is 3.57. The molecule has 0 spiro atoms. The highest BCUT2D eigenvalue weighted by molar-refractivity contribution is 5.82. The molecule has 0 saturated carbocycles. The number of para-hydroxylation sites is 1. The number of benzene rings is 1. The molecule has 1 amide bonds. The van der Waals surface area contributed by atoms with Crippen LogP contribution >= 0.6 is 0 Å². The van der Waals surface area contributed by atoms with Gasteiger partial charge < -0.3 is 19.4 Å². The highest BCUT2D eigenvalue weighted by atomic mass is 16.5. The number of methoxy groups -OCH3 is 1. The van der Waals surface area contributed by atoms with Crippen molar-refractivity contribution in [3.05, 3.63) is 42.2 Å². The van der Waals surface area contributed by atoms with Crippen LogP contribution in [0.15, 0.2) is 36.7 Å². The average Bonchev–Trinajstić information content (AvgIpc) is 3.19. The lowest BCUT2D eigenvalue weighted by Gasteiger charge is -2.33. The van der Waals surface area contributed by atoms with Gasteiger partial charge in [-0.25, -0.2) is 9.97 Å². The summed E-state index contributed by atoms with van der Waals surface area (Å²) in [5.74, 6) is 2.83. The van der Waals surface area contributed by atoms with Gasteiger partial charge in [0.1, 0.15) is 23.7 Å². The van der Waals surface area contributed by atoms with Gasteiger partial charge >= 0.3 is 0 Å². The average molecular weight is 381 g/mol. The van der Waals surface area contributed by atoms with Gasteiger partial charge in [0.25, 0.3) is 0 Å². The lowest BCUT2D eigenvalue weighted by molar-refractivity contribution is -0.129. The van der Waals surface area contributed by atoms with Gasteiger partial charge in [0.05, 0.1) is 13.7 Å². The predicted molar refractivity (Wildman–Crippen MR) is 109 cm³/mol. The standard InChI is InChI=1S/C21H27N5O2/c1-24-10-11-25(14-21(24)27)19-13-20(23-15-22-19)26-9-5-7-17(26)12-16-6-3-4-8-18(16)28-2/h3-4,6,8,13,15,17H,5,7,9-12,14H2,1-2H3. The number of carbonyl (C=O) groups is 1. The molecule has 0 radical (unpaired) electrons. The lowest BCUT2D eigenvalue weighted by atomic mass is 10.0. The highest BCUT2D eigenvalue weighted by Gasteiger charge is 2.28. The molecule has 28 heavy (non-hydrogen) atoms. The van der Waals surface area contributed by atoms with Crippen LogP contribution in [0.2, 0.25) is 0 Å². The van der Waals surface area contributed by atoms with Crippen molar-refractivity contribution in [1.82, 2.24) is 14.9 Å². The monoisotopic (exact) mass is 381 g/mol. The minimum atomic E-state index is 0.127. The number of piperazine rings is 1. The van der Waals surface area contributed by atoms with Crippen molar-refractivity contribution in [3.63, 3.8) is 0 Å². The molecule has 0 aliphatic carbocycles. The first-order valence-electron chi connectivity index (χ1n) is 9.85. The van der Waals surface area contributed by atoms with Crippen LogP contribution in [0.5, 0.6) is 5.75 Å². The second-order valence-electron chi connectivity index (χ2n) is 7.48. The minimum absolute atomic E-state index is 0.127. The van der Waals surface area contributed by atoms with E-state index in [0.717, 1.165) is 56.3 Å². The van der Waals surface area contributed by atoms with E-state index in [0.29, 0.717) is 12.6 Å². The normalized spacial score (nSPS) is 20.0. The molecule has 1 aromatic carbocycles. The fraction of sp³-hybridized carbons (Fsp3) is 0.476. The molecule has 7 nitrogen and oxygen atoms in total. The smallest absolute Gasteiger partial charge is 0.241 e. The number of rotatable bonds is 5. The summed E-state index contributed by atoms with van der Waals surface area (Å²) in [5, 5.41) is 0. The van der Waals surface area contributed by atoms with Gasteiger partial charge in [-0.05, 0) is 30.9 Å². The maximum Gasteiger partial charge on any atom is 0.241 e. The zero-order valence-electron chi connectivity index (χ0n) is 16.5. The summed E-state index contributed by atoms with van der Waals surface area (Å²) in [6.07, 6.45) is 4.82. The van der Waals surface area contributed by atoms with Crippen molar-refractivity contribution in [2.75, 3.05) is 50.1 Å². The second-order valence-corrected chi connectivity index (χ2v) is 7.48. The molecule has 0 bridgehead atoms. The first kappa shape index (κ1) is 18.5. The van der Waals surface area contributed by atoms with E-state index in [9.17, 15) is 4.79 Å².